The molecule has 0 N–H and O–H groups in total. The molecule has 0 atom stereocenters. The number of carbonyl (C=O) groups excluding carboxylic acids is 1. The van der Waals surface area contributed by atoms with Crippen molar-refractivity contribution in [2.24, 2.45) is 0 Å². The molecule has 0 radical (unpaired) electrons. The molecule has 2 aromatic heterocycles. The van der Waals surface area contributed by atoms with Crippen LogP contribution in [0.25, 0.3) is 16.2 Å². The average molecular weight is 475 g/mol. The van der Waals surface area contributed by atoms with Gasteiger partial charge in [0.2, 0.25) is 6.79 Å². The molecule has 2 aliphatic heterocycles. The standard InChI is InChI=1S/C25H22N4O4S/c30-23(19-13-26-25-29(24(19)31)20(15-34-25)18-4-2-1-3-5-18)28-10-8-27(9-11-28)14-17-6-7-21-22(12-17)33-16-32-21/h1-7,12-13,15H,8-11,14,16H2. The number of amides is 1. The summed E-state index contributed by atoms with van der Waals surface area (Å²) in [5.41, 5.74) is 2.60. The fourth-order valence-corrected chi connectivity index (χ4v) is 5.29. The average Bonchev–Trinajstić information content (AvgIpc) is 3.52. The second-order valence-corrected chi connectivity index (χ2v) is 9.17. The maximum Gasteiger partial charge on any atom is 0.271 e. The summed E-state index contributed by atoms with van der Waals surface area (Å²) in [5, 5.41) is 1.90. The van der Waals surface area contributed by atoms with Crippen molar-refractivity contribution in [1.29, 1.82) is 0 Å². The highest BCUT2D eigenvalue weighted by Gasteiger charge is 2.26. The molecule has 2 aliphatic rings. The smallest absolute Gasteiger partial charge is 0.271 e. The largest absolute Gasteiger partial charge is 0.454 e. The fraction of sp³-hybridized carbons (Fsp3) is 0.240. The van der Waals surface area contributed by atoms with Crippen molar-refractivity contribution in [1.82, 2.24) is 19.2 Å². The maximum absolute atomic E-state index is 13.3. The quantitative estimate of drug-likeness (QED) is 0.453. The summed E-state index contributed by atoms with van der Waals surface area (Å²) in [6.07, 6.45) is 1.42. The molecule has 4 heterocycles. The summed E-state index contributed by atoms with van der Waals surface area (Å²) in [4.78, 5) is 35.6. The predicted molar refractivity (Wildman–Crippen MR) is 129 cm³/mol. The molecule has 0 bridgehead atoms. The summed E-state index contributed by atoms with van der Waals surface area (Å²) < 4.78 is 12.4. The van der Waals surface area contributed by atoms with Gasteiger partial charge >= 0.3 is 0 Å². The lowest BCUT2D eigenvalue weighted by atomic mass is 10.1. The number of rotatable bonds is 4. The molecule has 1 fully saturated rings. The molecule has 0 aliphatic carbocycles. The molecule has 8 nitrogen and oxygen atoms in total. The second kappa shape index (κ2) is 8.58. The summed E-state index contributed by atoms with van der Waals surface area (Å²) in [7, 11) is 0. The van der Waals surface area contributed by atoms with E-state index < -0.39 is 0 Å². The molecule has 6 rings (SSSR count). The summed E-state index contributed by atoms with van der Waals surface area (Å²) in [6.45, 7) is 3.60. The van der Waals surface area contributed by atoms with Crippen molar-refractivity contribution in [3.63, 3.8) is 0 Å². The van der Waals surface area contributed by atoms with E-state index in [1.165, 1.54) is 17.5 Å². The maximum atomic E-state index is 13.3. The van der Waals surface area contributed by atoms with Crippen LogP contribution in [0, 0.1) is 0 Å². The van der Waals surface area contributed by atoms with Gasteiger partial charge in [-0.3, -0.25) is 18.9 Å². The first-order chi connectivity index (χ1) is 16.7. The topological polar surface area (TPSA) is 76.4 Å². The number of benzene rings is 2. The van der Waals surface area contributed by atoms with Crippen molar-refractivity contribution >= 4 is 22.2 Å². The fourth-order valence-electron chi connectivity index (χ4n) is 4.43. The third kappa shape index (κ3) is 3.72. The Morgan fingerprint density at radius 2 is 1.79 bits per heavy atom. The Bertz CT molecular complexity index is 1420. The van der Waals surface area contributed by atoms with Crippen LogP contribution in [0.1, 0.15) is 15.9 Å². The van der Waals surface area contributed by atoms with Gasteiger partial charge in [-0.05, 0) is 23.3 Å². The van der Waals surface area contributed by atoms with Crippen molar-refractivity contribution in [3.05, 3.63) is 81.6 Å². The normalized spacial score (nSPS) is 15.7. The van der Waals surface area contributed by atoms with Gasteiger partial charge in [0, 0.05) is 44.3 Å². The monoisotopic (exact) mass is 474 g/mol. The van der Waals surface area contributed by atoms with Gasteiger partial charge in [0.25, 0.3) is 11.5 Å². The van der Waals surface area contributed by atoms with E-state index in [4.69, 9.17) is 9.47 Å². The number of piperazine rings is 1. The van der Waals surface area contributed by atoms with E-state index in [0.717, 1.165) is 48.0 Å². The first-order valence-corrected chi connectivity index (χ1v) is 12.0. The number of thiazole rings is 1. The van der Waals surface area contributed by atoms with E-state index in [0.29, 0.717) is 18.1 Å². The van der Waals surface area contributed by atoms with Crippen molar-refractivity contribution in [2.75, 3.05) is 33.0 Å². The third-order valence-electron chi connectivity index (χ3n) is 6.25. The highest BCUT2D eigenvalue weighted by Crippen LogP contribution is 2.33. The van der Waals surface area contributed by atoms with E-state index in [-0.39, 0.29) is 23.8 Å². The van der Waals surface area contributed by atoms with Gasteiger partial charge in [0.1, 0.15) is 5.56 Å². The predicted octanol–water partition coefficient (Wildman–Crippen LogP) is 3.11. The summed E-state index contributed by atoms with van der Waals surface area (Å²) in [5.74, 6) is 1.29. The Morgan fingerprint density at radius 3 is 2.62 bits per heavy atom. The Morgan fingerprint density at radius 1 is 1.00 bits per heavy atom. The van der Waals surface area contributed by atoms with E-state index in [1.807, 2.05) is 53.9 Å². The zero-order valence-electron chi connectivity index (χ0n) is 18.3. The number of nitrogens with zero attached hydrogens (tertiary/aromatic N) is 4. The van der Waals surface area contributed by atoms with Crippen LogP contribution < -0.4 is 15.0 Å². The van der Waals surface area contributed by atoms with Crippen LogP contribution in [0.5, 0.6) is 11.5 Å². The van der Waals surface area contributed by atoms with Crippen LogP contribution >= 0.6 is 11.3 Å². The van der Waals surface area contributed by atoms with Crippen LogP contribution in [0.4, 0.5) is 0 Å². The van der Waals surface area contributed by atoms with Gasteiger partial charge in [-0.25, -0.2) is 4.98 Å². The lowest BCUT2D eigenvalue weighted by molar-refractivity contribution is 0.0626. The van der Waals surface area contributed by atoms with Crippen molar-refractivity contribution < 1.29 is 14.3 Å². The minimum Gasteiger partial charge on any atom is -0.454 e. The number of aromatic nitrogens is 2. The first kappa shape index (κ1) is 20.9. The lowest BCUT2D eigenvalue weighted by Gasteiger charge is -2.34. The van der Waals surface area contributed by atoms with Crippen LogP contribution in [-0.4, -0.2) is 58.1 Å². The number of carbonyl (C=O) groups is 1. The van der Waals surface area contributed by atoms with Gasteiger partial charge in [-0.2, -0.15) is 0 Å². The molecule has 0 unspecified atom stereocenters. The molecule has 2 aromatic carbocycles. The zero-order chi connectivity index (χ0) is 23.1. The molecule has 1 amide bonds. The molecule has 0 saturated carbocycles. The second-order valence-electron chi connectivity index (χ2n) is 8.34. The summed E-state index contributed by atoms with van der Waals surface area (Å²) in [6, 6.07) is 15.7. The Hall–Kier alpha value is -3.69. The van der Waals surface area contributed by atoms with Gasteiger partial charge in [0.05, 0.1) is 5.69 Å². The Balaban J connectivity index is 1.18. The highest BCUT2D eigenvalue weighted by molar-refractivity contribution is 7.15. The number of hydrogen-bond donors (Lipinski definition) is 0. The van der Waals surface area contributed by atoms with Gasteiger partial charge in [-0.15, -0.1) is 11.3 Å². The molecule has 4 aromatic rings. The lowest BCUT2D eigenvalue weighted by Crippen LogP contribution is -2.49. The highest BCUT2D eigenvalue weighted by atomic mass is 32.1. The Labute approximate surface area is 199 Å². The minimum atomic E-state index is -0.321. The van der Waals surface area contributed by atoms with Crippen LogP contribution in [0.2, 0.25) is 0 Å². The van der Waals surface area contributed by atoms with Crippen molar-refractivity contribution in [2.45, 2.75) is 6.54 Å². The van der Waals surface area contributed by atoms with Gasteiger partial charge in [-0.1, -0.05) is 36.4 Å². The van der Waals surface area contributed by atoms with Gasteiger partial charge in [0.15, 0.2) is 16.5 Å². The Kier molecular flexibility index (Phi) is 5.27. The van der Waals surface area contributed by atoms with Crippen LogP contribution in [0.15, 0.2) is 64.9 Å². The molecule has 1 saturated heterocycles. The molecule has 172 valence electrons. The number of hydrogen-bond acceptors (Lipinski definition) is 7. The zero-order valence-corrected chi connectivity index (χ0v) is 19.2. The number of fused-ring (bicyclic) bond motifs is 2. The van der Waals surface area contributed by atoms with E-state index in [9.17, 15) is 9.59 Å². The van der Waals surface area contributed by atoms with E-state index in [2.05, 4.69) is 9.88 Å². The minimum absolute atomic E-state index is 0.109. The SMILES string of the molecule is O=C(c1cnc2scc(-c3ccccc3)n2c1=O)N1CCN(Cc2ccc3c(c2)OCO3)CC1. The molecular weight excluding hydrogens is 452 g/mol. The van der Waals surface area contributed by atoms with E-state index in [1.54, 1.807) is 9.30 Å². The van der Waals surface area contributed by atoms with Crippen LogP contribution in [0.3, 0.4) is 0 Å². The first-order valence-electron chi connectivity index (χ1n) is 11.1. The van der Waals surface area contributed by atoms with E-state index >= 15 is 0 Å². The van der Waals surface area contributed by atoms with Crippen molar-refractivity contribution in [3.8, 4) is 22.8 Å². The molecule has 9 heteroatoms. The number of ether oxygens (including phenoxy) is 2. The van der Waals surface area contributed by atoms with Crippen LogP contribution in [-0.2, 0) is 6.54 Å². The summed E-state index contributed by atoms with van der Waals surface area (Å²) >= 11 is 1.39. The molecule has 0 spiro atoms. The van der Waals surface area contributed by atoms with Gasteiger partial charge < -0.3 is 14.4 Å². The molecule has 34 heavy (non-hydrogen) atoms. The molecular formula is C25H22N4O4S. The third-order valence-corrected chi connectivity index (χ3v) is 7.09.